The fourth-order valence-electron chi connectivity index (χ4n) is 4.66. The van der Waals surface area contributed by atoms with E-state index in [0.29, 0.717) is 30.8 Å². The third-order valence-electron chi connectivity index (χ3n) is 6.58. The minimum Gasteiger partial charge on any atom is -0.352 e. The molecule has 25 heavy (non-hydrogen) atoms. The predicted molar refractivity (Wildman–Crippen MR) is 97.0 cm³/mol. The summed E-state index contributed by atoms with van der Waals surface area (Å²) in [5.41, 5.74) is 0. The summed E-state index contributed by atoms with van der Waals surface area (Å²) in [7, 11) is 0. The number of carbonyl (C=O) groups excluding carboxylic acids is 2. The highest BCUT2D eigenvalue weighted by Gasteiger charge is 2.42. The Labute approximate surface area is 151 Å². The molecule has 0 spiro atoms. The number of likely N-dealkylation sites (tertiary alicyclic amines) is 2. The number of nitrogens with one attached hydrogen (secondary N) is 1. The van der Waals surface area contributed by atoms with Crippen LogP contribution in [0.2, 0.25) is 0 Å². The highest BCUT2D eigenvalue weighted by molar-refractivity contribution is 5.78. The molecule has 2 amide bonds. The third-order valence-corrected chi connectivity index (χ3v) is 6.58. The van der Waals surface area contributed by atoms with Gasteiger partial charge < -0.3 is 10.2 Å². The molecule has 0 radical (unpaired) electrons. The van der Waals surface area contributed by atoms with E-state index in [0.717, 1.165) is 50.9 Å². The van der Waals surface area contributed by atoms with Gasteiger partial charge in [0, 0.05) is 25.6 Å². The van der Waals surface area contributed by atoms with Crippen LogP contribution in [0, 0.1) is 17.8 Å². The molecule has 0 aromatic carbocycles. The second-order valence-corrected chi connectivity index (χ2v) is 8.78. The monoisotopic (exact) mass is 347 g/mol. The van der Waals surface area contributed by atoms with Crippen molar-refractivity contribution in [3.05, 3.63) is 0 Å². The normalized spacial score (nSPS) is 25.6. The van der Waals surface area contributed by atoms with Crippen molar-refractivity contribution in [3.8, 4) is 0 Å². The molecule has 4 aliphatic rings. The summed E-state index contributed by atoms with van der Waals surface area (Å²) in [5.74, 6) is 2.61. The average Bonchev–Trinajstić information content (AvgIpc) is 3.54. The van der Waals surface area contributed by atoms with Crippen molar-refractivity contribution in [3.63, 3.8) is 0 Å². The first-order valence-corrected chi connectivity index (χ1v) is 10.5. The van der Waals surface area contributed by atoms with Gasteiger partial charge in [-0.05, 0) is 82.2 Å². The molecule has 0 atom stereocenters. The smallest absolute Gasteiger partial charge is 0.234 e. The first kappa shape index (κ1) is 17.3. The topological polar surface area (TPSA) is 52.7 Å². The molecule has 0 bridgehead atoms. The van der Waals surface area contributed by atoms with E-state index in [9.17, 15) is 9.59 Å². The lowest BCUT2D eigenvalue weighted by molar-refractivity contribution is -0.131. The maximum absolute atomic E-state index is 12.4. The van der Waals surface area contributed by atoms with Gasteiger partial charge in [-0.25, -0.2) is 0 Å². The molecule has 2 aliphatic heterocycles. The number of carbonyl (C=O) groups is 2. The van der Waals surface area contributed by atoms with Crippen LogP contribution in [0.5, 0.6) is 0 Å². The van der Waals surface area contributed by atoms with Gasteiger partial charge in [-0.3, -0.25) is 14.5 Å². The standard InChI is InChI=1S/C20H33N3O2/c24-18(21-20(16-3-4-16)17-5-6-17)14-22-11-7-15(8-12-22)13-19(25)23-9-1-2-10-23/h15-17,20H,1-14H2,(H,21,24). The maximum atomic E-state index is 12.4. The van der Waals surface area contributed by atoms with Crippen LogP contribution < -0.4 is 5.32 Å². The second-order valence-electron chi connectivity index (χ2n) is 8.78. The number of amides is 2. The number of rotatable bonds is 7. The minimum atomic E-state index is 0.218. The Morgan fingerprint density at radius 1 is 0.880 bits per heavy atom. The Morgan fingerprint density at radius 3 is 2.04 bits per heavy atom. The fourth-order valence-corrected chi connectivity index (χ4v) is 4.66. The average molecular weight is 348 g/mol. The van der Waals surface area contributed by atoms with Crippen LogP contribution in [0.25, 0.3) is 0 Å². The number of hydrogen-bond acceptors (Lipinski definition) is 3. The summed E-state index contributed by atoms with van der Waals surface area (Å²) >= 11 is 0. The summed E-state index contributed by atoms with van der Waals surface area (Å²) in [5, 5.41) is 3.33. The Hall–Kier alpha value is -1.10. The first-order chi connectivity index (χ1) is 12.2. The number of nitrogens with zero attached hydrogens (tertiary/aromatic N) is 2. The van der Waals surface area contributed by atoms with Crippen molar-refractivity contribution in [2.45, 2.75) is 63.8 Å². The van der Waals surface area contributed by atoms with Gasteiger partial charge in [0.15, 0.2) is 0 Å². The summed E-state index contributed by atoms with van der Waals surface area (Å²) < 4.78 is 0. The van der Waals surface area contributed by atoms with Gasteiger partial charge >= 0.3 is 0 Å². The fraction of sp³-hybridized carbons (Fsp3) is 0.900. The molecule has 2 aliphatic carbocycles. The summed E-state index contributed by atoms with van der Waals surface area (Å²) in [6, 6.07) is 0.461. The van der Waals surface area contributed by atoms with Crippen LogP contribution >= 0.6 is 0 Å². The molecular formula is C20H33N3O2. The Balaban J connectivity index is 1.15. The molecule has 4 rings (SSSR count). The third kappa shape index (κ3) is 4.75. The van der Waals surface area contributed by atoms with Gasteiger partial charge in [0.2, 0.25) is 11.8 Å². The van der Waals surface area contributed by atoms with Crippen molar-refractivity contribution < 1.29 is 9.59 Å². The highest BCUT2D eigenvalue weighted by atomic mass is 16.2. The second kappa shape index (κ2) is 7.65. The Bertz CT molecular complexity index is 475. The zero-order chi connectivity index (χ0) is 17.2. The molecule has 140 valence electrons. The van der Waals surface area contributed by atoms with Crippen LogP contribution in [0.3, 0.4) is 0 Å². The molecule has 1 N–H and O–H groups in total. The van der Waals surface area contributed by atoms with E-state index in [-0.39, 0.29) is 5.91 Å². The molecule has 5 nitrogen and oxygen atoms in total. The Kier molecular flexibility index (Phi) is 5.30. The van der Waals surface area contributed by atoms with Crippen LogP contribution in [-0.2, 0) is 9.59 Å². The maximum Gasteiger partial charge on any atom is 0.234 e. The minimum absolute atomic E-state index is 0.218. The van der Waals surface area contributed by atoms with E-state index in [4.69, 9.17) is 0 Å². The van der Waals surface area contributed by atoms with Crippen molar-refractivity contribution >= 4 is 11.8 Å². The van der Waals surface area contributed by atoms with Crippen molar-refractivity contribution in [1.82, 2.24) is 15.1 Å². The largest absolute Gasteiger partial charge is 0.352 e. The molecule has 2 heterocycles. The van der Waals surface area contributed by atoms with E-state index in [1.165, 1.54) is 38.5 Å². The molecule has 4 fully saturated rings. The number of hydrogen-bond donors (Lipinski definition) is 1. The van der Waals surface area contributed by atoms with Gasteiger partial charge in [0.1, 0.15) is 0 Å². The molecule has 0 unspecified atom stereocenters. The molecule has 2 saturated carbocycles. The van der Waals surface area contributed by atoms with Crippen LogP contribution in [0.4, 0.5) is 0 Å². The zero-order valence-corrected chi connectivity index (χ0v) is 15.4. The van der Waals surface area contributed by atoms with Gasteiger partial charge in [0.25, 0.3) is 0 Å². The van der Waals surface area contributed by atoms with Gasteiger partial charge in [-0.15, -0.1) is 0 Å². The van der Waals surface area contributed by atoms with Gasteiger partial charge in [-0.1, -0.05) is 0 Å². The van der Waals surface area contributed by atoms with Crippen molar-refractivity contribution in [2.75, 3.05) is 32.7 Å². The van der Waals surface area contributed by atoms with Gasteiger partial charge in [-0.2, -0.15) is 0 Å². The summed E-state index contributed by atoms with van der Waals surface area (Å²) in [4.78, 5) is 29.0. The molecule has 0 aromatic rings. The lowest BCUT2D eigenvalue weighted by Gasteiger charge is -2.32. The molecular weight excluding hydrogens is 314 g/mol. The molecule has 0 aromatic heterocycles. The van der Waals surface area contributed by atoms with E-state index in [2.05, 4.69) is 10.2 Å². The Morgan fingerprint density at radius 2 is 1.48 bits per heavy atom. The van der Waals surface area contributed by atoms with Crippen LogP contribution in [-0.4, -0.2) is 60.4 Å². The van der Waals surface area contributed by atoms with E-state index in [1.54, 1.807) is 0 Å². The SMILES string of the molecule is O=C(CN1CCC(CC(=O)N2CCCC2)CC1)NC(C1CC1)C1CC1. The summed E-state index contributed by atoms with van der Waals surface area (Å²) in [6.45, 7) is 4.39. The van der Waals surface area contributed by atoms with Gasteiger partial charge in [0.05, 0.1) is 6.54 Å². The summed E-state index contributed by atoms with van der Waals surface area (Å²) in [6.07, 6.45) is 10.4. The predicted octanol–water partition coefficient (Wildman–Crippen LogP) is 2.02. The highest BCUT2D eigenvalue weighted by Crippen LogP contribution is 2.44. The lowest BCUT2D eigenvalue weighted by atomic mass is 9.93. The lowest BCUT2D eigenvalue weighted by Crippen LogP contribution is -2.46. The van der Waals surface area contributed by atoms with Crippen LogP contribution in [0.15, 0.2) is 0 Å². The van der Waals surface area contributed by atoms with E-state index >= 15 is 0 Å². The zero-order valence-electron chi connectivity index (χ0n) is 15.4. The molecule has 2 saturated heterocycles. The van der Waals surface area contributed by atoms with Crippen LogP contribution in [0.1, 0.15) is 57.8 Å². The number of piperidine rings is 1. The first-order valence-electron chi connectivity index (χ1n) is 10.5. The van der Waals surface area contributed by atoms with Crippen molar-refractivity contribution in [2.24, 2.45) is 17.8 Å². The van der Waals surface area contributed by atoms with E-state index < -0.39 is 0 Å². The van der Waals surface area contributed by atoms with E-state index in [1.807, 2.05) is 4.90 Å². The quantitative estimate of drug-likeness (QED) is 0.766. The van der Waals surface area contributed by atoms with Crippen molar-refractivity contribution in [1.29, 1.82) is 0 Å². The molecule has 5 heteroatoms.